The predicted molar refractivity (Wildman–Crippen MR) is 103 cm³/mol. The molecule has 2 heterocycles. The maximum absolute atomic E-state index is 12.9. The molecule has 2 fully saturated rings. The number of piperidine rings is 1. The summed E-state index contributed by atoms with van der Waals surface area (Å²) in [5.74, 6) is 0.778. The first-order chi connectivity index (χ1) is 13.0. The number of hydrogen-bond acceptors (Lipinski definition) is 3. The molecule has 0 bridgehead atoms. The summed E-state index contributed by atoms with van der Waals surface area (Å²) in [6.45, 7) is 5.47. The minimum atomic E-state index is -0.343. The number of halogens is 1. The van der Waals surface area contributed by atoms with Crippen molar-refractivity contribution >= 4 is 17.6 Å². The van der Waals surface area contributed by atoms with E-state index >= 15 is 0 Å². The molecule has 0 spiro atoms. The van der Waals surface area contributed by atoms with Crippen LogP contribution in [0.3, 0.4) is 0 Å². The number of rotatable bonds is 5. The fraction of sp³-hybridized carbons (Fsp3) is 0.600. The number of anilines is 1. The van der Waals surface area contributed by atoms with Gasteiger partial charge in [0.15, 0.2) is 0 Å². The lowest BCUT2D eigenvalue weighted by Crippen LogP contribution is -2.41. The predicted octanol–water partition coefficient (Wildman–Crippen LogP) is 2.57. The van der Waals surface area contributed by atoms with Gasteiger partial charge < -0.3 is 20.9 Å². The Kier molecular flexibility index (Phi) is 6.66. The van der Waals surface area contributed by atoms with Crippen molar-refractivity contribution in [2.75, 3.05) is 31.5 Å². The molecule has 7 heteroatoms. The molecule has 3 amide bonds. The normalized spacial score (nSPS) is 23.7. The maximum Gasteiger partial charge on any atom is 0.319 e. The summed E-state index contributed by atoms with van der Waals surface area (Å²) in [5, 5.41) is 8.99. The lowest BCUT2D eigenvalue weighted by Gasteiger charge is -2.29. The van der Waals surface area contributed by atoms with Crippen molar-refractivity contribution in [1.82, 2.24) is 15.5 Å². The van der Waals surface area contributed by atoms with Gasteiger partial charge in [-0.2, -0.15) is 0 Å². The third-order valence-corrected chi connectivity index (χ3v) is 5.61. The average Bonchev–Trinajstić information content (AvgIpc) is 3.13. The molecule has 1 aromatic carbocycles. The molecule has 0 radical (unpaired) electrons. The van der Waals surface area contributed by atoms with Crippen LogP contribution in [0.5, 0.6) is 0 Å². The molecular formula is C20H29FN4O2. The van der Waals surface area contributed by atoms with Gasteiger partial charge in [-0.1, -0.05) is 6.92 Å². The highest BCUT2D eigenvalue weighted by molar-refractivity contribution is 5.89. The molecule has 2 aliphatic rings. The summed E-state index contributed by atoms with van der Waals surface area (Å²) in [6.07, 6.45) is 3.69. The maximum atomic E-state index is 12.9. The van der Waals surface area contributed by atoms with Crippen LogP contribution in [0.4, 0.5) is 14.9 Å². The van der Waals surface area contributed by atoms with E-state index in [1.54, 1.807) is 0 Å². The van der Waals surface area contributed by atoms with Gasteiger partial charge in [0, 0.05) is 31.2 Å². The van der Waals surface area contributed by atoms with Crippen LogP contribution in [0.2, 0.25) is 0 Å². The van der Waals surface area contributed by atoms with E-state index in [1.165, 1.54) is 37.1 Å². The highest BCUT2D eigenvalue weighted by Crippen LogP contribution is 2.24. The van der Waals surface area contributed by atoms with Crippen molar-refractivity contribution in [3.8, 4) is 0 Å². The monoisotopic (exact) mass is 376 g/mol. The van der Waals surface area contributed by atoms with E-state index in [9.17, 15) is 14.0 Å². The highest BCUT2D eigenvalue weighted by atomic mass is 19.1. The van der Waals surface area contributed by atoms with Gasteiger partial charge in [-0.3, -0.25) is 4.79 Å². The number of amides is 3. The van der Waals surface area contributed by atoms with Gasteiger partial charge in [0.2, 0.25) is 5.91 Å². The first-order valence-corrected chi connectivity index (χ1v) is 9.83. The van der Waals surface area contributed by atoms with Gasteiger partial charge in [-0.25, -0.2) is 9.18 Å². The van der Waals surface area contributed by atoms with Gasteiger partial charge in [0.1, 0.15) is 5.82 Å². The zero-order valence-corrected chi connectivity index (χ0v) is 15.8. The molecule has 2 saturated heterocycles. The number of urea groups is 1. The van der Waals surface area contributed by atoms with E-state index < -0.39 is 0 Å². The standard InChI is InChI=1S/C20H29FN4O2/c1-14(15-3-2-9-22-12-15)11-19(26)25-10-8-18(13-25)24-20(27)23-17-6-4-16(21)5-7-17/h4-7,14-15,18,22H,2-3,8-13H2,1H3,(H2,23,24,27). The number of benzene rings is 1. The van der Waals surface area contributed by atoms with Gasteiger partial charge in [0.25, 0.3) is 0 Å². The topological polar surface area (TPSA) is 73.5 Å². The van der Waals surface area contributed by atoms with Gasteiger partial charge in [0.05, 0.1) is 0 Å². The molecule has 3 rings (SSSR count). The Labute approximate surface area is 159 Å². The zero-order chi connectivity index (χ0) is 19.2. The van der Waals surface area contributed by atoms with Crippen LogP contribution in [0.15, 0.2) is 24.3 Å². The lowest BCUT2D eigenvalue weighted by molar-refractivity contribution is -0.131. The summed E-state index contributed by atoms with van der Waals surface area (Å²) >= 11 is 0. The number of likely N-dealkylation sites (tertiary alicyclic amines) is 1. The van der Waals surface area contributed by atoms with Crippen LogP contribution in [-0.4, -0.2) is 49.1 Å². The minimum absolute atomic E-state index is 0.0546. The fourth-order valence-electron chi connectivity index (χ4n) is 3.93. The molecule has 27 heavy (non-hydrogen) atoms. The van der Waals surface area contributed by atoms with Crippen LogP contribution in [-0.2, 0) is 4.79 Å². The fourth-order valence-corrected chi connectivity index (χ4v) is 3.93. The Balaban J connectivity index is 1.41. The second-order valence-corrected chi connectivity index (χ2v) is 7.72. The van der Waals surface area contributed by atoms with Crippen LogP contribution < -0.4 is 16.0 Å². The quantitative estimate of drug-likeness (QED) is 0.740. The van der Waals surface area contributed by atoms with Gasteiger partial charge in [-0.05, 0) is 68.5 Å². The third-order valence-electron chi connectivity index (χ3n) is 5.61. The smallest absolute Gasteiger partial charge is 0.319 e. The molecule has 148 valence electrons. The van der Waals surface area contributed by atoms with Crippen molar-refractivity contribution in [2.45, 2.75) is 38.6 Å². The summed E-state index contributed by atoms with van der Waals surface area (Å²) in [4.78, 5) is 26.5. The minimum Gasteiger partial charge on any atom is -0.341 e. The van der Waals surface area contributed by atoms with Crippen LogP contribution in [0.25, 0.3) is 0 Å². The van der Waals surface area contributed by atoms with Crippen molar-refractivity contribution in [1.29, 1.82) is 0 Å². The Morgan fingerprint density at radius 2 is 2.07 bits per heavy atom. The molecule has 3 atom stereocenters. The average molecular weight is 376 g/mol. The molecule has 0 aromatic heterocycles. The first kappa shape index (κ1) is 19.6. The number of carbonyl (C=O) groups excluding carboxylic acids is 2. The third kappa shape index (κ3) is 5.66. The summed E-state index contributed by atoms with van der Waals surface area (Å²) in [5.41, 5.74) is 0.537. The SMILES string of the molecule is CC(CC(=O)N1CCC(NC(=O)Nc2ccc(F)cc2)C1)C1CCCNC1. The van der Waals surface area contributed by atoms with Gasteiger partial charge >= 0.3 is 6.03 Å². The number of hydrogen-bond donors (Lipinski definition) is 3. The van der Waals surface area contributed by atoms with Crippen LogP contribution in [0.1, 0.15) is 32.6 Å². The van der Waals surface area contributed by atoms with Gasteiger partial charge in [-0.15, -0.1) is 0 Å². The Hall–Kier alpha value is -2.15. The highest BCUT2D eigenvalue weighted by Gasteiger charge is 2.30. The molecule has 1 aromatic rings. The van der Waals surface area contributed by atoms with Crippen molar-refractivity contribution in [2.24, 2.45) is 11.8 Å². The van der Waals surface area contributed by atoms with E-state index in [0.717, 1.165) is 19.5 Å². The Morgan fingerprint density at radius 1 is 1.30 bits per heavy atom. The van der Waals surface area contributed by atoms with Crippen molar-refractivity contribution in [3.05, 3.63) is 30.1 Å². The lowest BCUT2D eigenvalue weighted by atomic mass is 9.85. The summed E-state index contributed by atoms with van der Waals surface area (Å²) in [7, 11) is 0. The molecule has 2 aliphatic heterocycles. The van der Waals surface area contributed by atoms with E-state index in [4.69, 9.17) is 0 Å². The van der Waals surface area contributed by atoms with Crippen molar-refractivity contribution in [3.63, 3.8) is 0 Å². The Morgan fingerprint density at radius 3 is 2.78 bits per heavy atom. The number of carbonyl (C=O) groups is 2. The zero-order valence-electron chi connectivity index (χ0n) is 15.8. The molecular weight excluding hydrogens is 347 g/mol. The molecule has 3 unspecified atom stereocenters. The van der Waals surface area contributed by atoms with Crippen LogP contribution in [0, 0.1) is 17.7 Å². The number of nitrogens with zero attached hydrogens (tertiary/aromatic N) is 1. The van der Waals surface area contributed by atoms with E-state index in [-0.39, 0.29) is 23.8 Å². The second kappa shape index (κ2) is 9.17. The summed E-state index contributed by atoms with van der Waals surface area (Å²) in [6, 6.07) is 5.24. The van der Waals surface area contributed by atoms with Crippen LogP contribution >= 0.6 is 0 Å². The summed E-state index contributed by atoms with van der Waals surface area (Å²) < 4.78 is 12.9. The molecule has 0 aliphatic carbocycles. The van der Waals surface area contributed by atoms with Crippen molar-refractivity contribution < 1.29 is 14.0 Å². The number of nitrogens with one attached hydrogen (secondary N) is 3. The van der Waals surface area contributed by atoms with E-state index in [2.05, 4.69) is 22.9 Å². The second-order valence-electron chi connectivity index (χ2n) is 7.72. The molecule has 6 nitrogen and oxygen atoms in total. The van der Waals surface area contributed by atoms with E-state index in [0.29, 0.717) is 37.0 Å². The Bertz CT molecular complexity index is 646. The molecule has 3 N–H and O–H groups in total. The largest absolute Gasteiger partial charge is 0.341 e. The molecule has 0 saturated carbocycles. The first-order valence-electron chi connectivity index (χ1n) is 9.83. The van der Waals surface area contributed by atoms with E-state index in [1.807, 2.05) is 4.90 Å².